The summed E-state index contributed by atoms with van der Waals surface area (Å²) in [5, 5.41) is 3.20. The summed E-state index contributed by atoms with van der Waals surface area (Å²) in [6, 6.07) is 14.0. The molecule has 0 aliphatic carbocycles. The monoisotopic (exact) mass is 183 g/mol. The quantitative estimate of drug-likeness (QED) is 0.791. The Bertz CT molecular complexity index is 331. The van der Waals surface area contributed by atoms with Crippen LogP contribution in [-0.2, 0) is 0 Å². The van der Waals surface area contributed by atoms with Gasteiger partial charge in [-0.15, -0.1) is 0 Å². The molecule has 2 rings (SSSR count). The molecule has 1 N–H and O–H groups in total. The summed E-state index contributed by atoms with van der Waals surface area (Å²) in [5.41, 5.74) is 2.15. The number of rotatable bonds is 3. The maximum Gasteiger partial charge on any atom is 0.0772 e. The molecular weight excluding hydrogens is 172 g/mol. The van der Waals surface area contributed by atoms with Crippen LogP contribution in [0.15, 0.2) is 54.9 Å². The van der Waals surface area contributed by atoms with Gasteiger partial charge in [-0.2, -0.15) is 0 Å². The molecule has 69 valence electrons. The van der Waals surface area contributed by atoms with E-state index in [1.807, 2.05) is 55.2 Å². The molecule has 0 unspecified atom stereocenters. The molecule has 0 bridgehead atoms. The molecule has 0 aliphatic heterocycles. The van der Waals surface area contributed by atoms with Crippen molar-refractivity contribution in [3.05, 3.63) is 67.0 Å². The third-order valence-electron chi connectivity index (χ3n) is 1.86. The summed E-state index contributed by atoms with van der Waals surface area (Å²) >= 11 is 0. The smallest absolute Gasteiger partial charge is 0.0772 e. The molecule has 1 heterocycles. The number of nitrogens with one attached hydrogen (secondary N) is 1. The molecule has 0 fully saturated rings. The van der Waals surface area contributed by atoms with Crippen LogP contribution < -0.4 is 5.32 Å². The van der Waals surface area contributed by atoms with E-state index in [4.69, 9.17) is 0 Å². The number of hydrogen-bond acceptors (Lipinski definition) is 2. The fourth-order valence-corrected chi connectivity index (χ4v) is 1.16. The fourth-order valence-electron chi connectivity index (χ4n) is 1.16. The third-order valence-corrected chi connectivity index (χ3v) is 1.86. The van der Waals surface area contributed by atoms with E-state index in [0.717, 1.165) is 11.3 Å². The minimum atomic E-state index is 1.07. The van der Waals surface area contributed by atoms with Gasteiger partial charge in [0.1, 0.15) is 0 Å². The standard InChI is InChI=1S/C12H11N2/c1-2-6-12(7-3-1)14-10-11-5-4-8-13-9-11/h1-10,14H. The predicted octanol–water partition coefficient (Wildman–Crippen LogP) is 2.70. The second kappa shape index (κ2) is 4.42. The van der Waals surface area contributed by atoms with E-state index in [-0.39, 0.29) is 0 Å². The maximum absolute atomic E-state index is 4.03. The molecule has 1 aromatic carbocycles. The summed E-state index contributed by atoms with van der Waals surface area (Å²) in [6.45, 7) is 1.93. The molecule has 2 aromatic rings. The Morgan fingerprint density at radius 3 is 2.57 bits per heavy atom. The van der Waals surface area contributed by atoms with Gasteiger partial charge in [0.15, 0.2) is 0 Å². The zero-order valence-corrected chi connectivity index (χ0v) is 7.72. The lowest BCUT2D eigenvalue weighted by Gasteiger charge is -2.04. The fraction of sp³-hybridized carbons (Fsp3) is 0. The Morgan fingerprint density at radius 1 is 1.00 bits per heavy atom. The molecular formula is C12H11N2. The Morgan fingerprint density at radius 2 is 1.86 bits per heavy atom. The van der Waals surface area contributed by atoms with E-state index in [0.29, 0.717) is 0 Å². The van der Waals surface area contributed by atoms with Gasteiger partial charge in [-0.3, -0.25) is 4.98 Å². The van der Waals surface area contributed by atoms with Crippen molar-refractivity contribution >= 4 is 5.69 Å². The molecule has 2 heteroatoms. The number of para-hydroxylation sites is 1. The molecule has 1 radical (unpaired) electrons. The van der Waals surface area contributed by atoms with Crippen LogP contribution in [0.4, 0.5) is 5.69 Å². The van der Waals surface area contributed by atoms with Crippen molar-refractivity contribution in [1.82, 2.24) is 4.98 Å². The Labute approximate surface area is 83.6 Å². The van der Waals surface area contributed by atoms with Crippen LogP contribution in [0.2, 0.25) is 0 Å². The largest absolute Gasteiger partial charge is 0.376 e. The van der Waals surface area contributed by atoms with Crippen molar-refractivity contribution in [1.29, 1.82) is 0 Å². The Balaban J connectivity index is 1.96. The van der Waals surface area contributed by atoms with E-state index in [2.05, 4.69) is 10.3 Å². The van der Waals surface area contributed by atoms with Gasteiger partial charge >= 0.3 is 0 Å². The summed E-state index contributed by atoms with van der Waals surface area (Å²) in [7, 11) is 0. The third kappa shape index (κ3) is 2.33. The van der Waals surface area contributed by atoms with Crippen molar-refractivity contribution in [2.75, 3.05) is 5.32 Å². The number of benzene rings is 1. The molecule has 0 aliphatic rings. The molecule has 0 atom stereocenters. The highest BCUT2D eigenvalue weighted by Gasteiger charge is 1.92. The molecule has 0 spiro atoms. The molecule has 0 saturated carbocycles. The SMILES string of the molecule is [CH](Nc1ccccc1)c1cccnc1. The maximum atomic E-state index is 4.03. The van der Waals surface area contributed by atoms with Crippen molar-refractivity contribution in [3.63, 3.8) is 0 Å². The van der Waals surface area contributed by atoms with Crippen molar-refractivity contribution < 1.29 is 0 Å². The average Bonchev–Trinajstić information content (AvgIpc) is 2.29. The average molecular weight is 183 g/mol. The van der Waals surface area contributed by atoms with Gasteiger partial charge in [0.25, 0.3) is 0 Å². The lowest BCUT2D eigenvalue weighted by atomic mass is 10.2. The highest BCUT2D eigenvalue weighted by atomic mass is 14.9. The van der Waals surface area contributed by atoms with Crippen LogP contribution in [0.25, 0.3) is 0 Å². The Kier molecular flexibility index (Phi) is 2.76. The van der Waals surface area contributed by atoms with Gasteiger partial charge in [0, 0.05) is 18.1 Å². The lowest BCUT2D eigenvalue weighted by molar-refractivity contribution is 1.27. The molecule has 14 heavy (non-hydrogen) atoms. The first-order valence-corrected chi connectivity index (χ1v) is 4.50. The van der Waals surface area contributed by atoms with Crippen molar-refractivity contribution in [2.45, 2.75) is 0 Å². The number of anilines is 1. The zero-order valence-electron chi connectivity index (χ0n) is 7.72. The van der Waals surface area contributed by atoms with E-state index in [1.165, 1.54) is 0 Å². The summed E-state index contributed by atoms with van der Waals surface area (Å²) in [4.78, 5) is 4.03. The minimum absolute atomic E-state index is 1.07. The summed E-state index contributed by atoms with van der Waals surface area (Å²) < 4.78 is 0. The van der Waals surface area contributed by atoms with Crippen molar-refractivity contribution in [3.8, 4) is 0 Å². The minimum Gasteiger partial charge on any atom is -0.376 e. The van der Waals surface area contributed by atoms with Crippen LogP contribution in [0.1, 0.15) is 5.56 Å². The van der Waals surface area contributed by atoms with E-state index < -0.39 is 0 Å². The molecule has 1 aromatic heterocycles. The topological polar surface area (TPSA) is 24.9 Å². The van der Waals surface area contributed by atoms with Gasteiger partial charge in [-0.25, -0.2) is 0 Å². The van der Waals surface area contributed by atoms with Gasteiger partial charge in [0.2, 0.25) is 0 Å². The van der Waals surface area contributed by atoms with E-state index in [1.54, 1.807) is 6.20 Å². The normalized spacial score (nSPS) is 9.71. The number of nitrogens with zero attached hydrogens (tertiary/aromatic N) is 1. The zero-order chi connectivity index (χ0) is 9.64. The van der Waals surface area contributed by atoms with Crippen LogP contribution in [0.3, 0.4) is 0 Å². The first-order valence-electron chi connectivity index (χ1n) is 4.50. The number of hydrogen-bond donors (Lipinski definition) is 1. The van der Waals surface area contributed by atoms with Crippen LogP contribution in [-0.4, -0.2) is 4.98 Å². The summed E-state index contributed by atoms with van der Waals surface area (Å²) in [5.74, 6) is 0. The second-order valence-corrected chi connectivity index (χ2v) is 2.94. The lowest BCUT2D eigenvalue weighted by Crippen LogP contribution is -1.95. The van der Waals surface area contributed by atoms with Crippen LogP contribution in [0, 0.1) is 6.54 Å². The second-order valence-electron chi connectivity index (χ2n) is 2.94. The van der Waals surface area contributed by atoms with Gasteiger partial charge in [-0.1, -0.05) is 24.3 Å². The molecule has 0 saturated heterocycles. The van der Waals surface area contributed by atoms with Crippen LogP contribution >= 0.6 is 0 Å². The highest BCUT2D eigenvalue weighted by molar-refractivity contribution is 5.46. The van der Waals surface area contributed by atoms with Gasteiger partial charge in [-0.05, 0) is 23.8 Å². The number of aromatic nitrogens is 1. The van der Waals surface area contributed by atoms with Crippen molar-refractivity contribution in [2.24, 2.45) is 0 Å². The Hall–Kier alpha value is -1.83. The van der Waals surface area contributed by atoms with E-state index >= 15 is 0 Å². The highest BCUT2D eigenvalue weighted by Crippen LogP contribution is 2.08. The summed E-state index contributed by atoms with van der Waals surface area (Å²) in [6.07, 6.45) is 3.58. The van der Waals surface area contributed by atoms with Gasteiger partial charge in [0.05, 0.1) is 6.54 Å². The molecule has 0 amide bonds. The van der Waals surface area contributed by atoms with Crippen LogP contribution in [0.5, 0.6) is 0 Å². The number of pyridine rings is 1. The van der Waals surface area contributed by atoms with Gasteiger partial charge < -0.3 is 5.32 Å². The predicted molar refractivity (Wildman–Crippen MR) is 57.7 cm³/mol. The first-order chi connectivity index (χ1) is 6.95. The molecule has 2 nitrogen and oxygen atoms in total. The van der Waals surface area contributed by atoms with E-state index in [9.17, 15) is 0 Å². The first kappa shape index (κ1) is 8.75.